The molecule has 0 aliphatic carbocycles. The maximum absolute atomic E-state index is 4.24. The molecule has 0 spiro atoms. The quantitative estimate of drug-likeness (QED) is 0.828. The molecule has 0 aromatic carbocycles. The van der Waals surface area contributed by atoms with Crippen LogP contribution in [0.5, 0.6) is 0 Å². The van der Waals surface area contributed by atoms with E-state index in [2.05, 4.69) is 28.3 Å². The van der Waals surface area contributed by atoms with E-state index in [-0.39, 0.29) is 0 Å². The van der Waals surface area contributed by atoms with E-state index in [9.17, 15) is 0 Å². The highest BCUT2D eigenvalue weighted by atomic mass is 15.1. The van der Waals surface area contributed by atoms with Crippen LogP contribution in [-0.2, 0) is 0 Å². The largest absolute Gasteiger partial charge is 0.319 e. The molecular weight excluding hydrogens is 198 g/mol. The van der Waals surface area contributed by atoms with Gasteiger partial charge in [0.2, 0.25) is 0 Å². The van der Waals surface area contributed by atoms with Gasteiger partial charge in [0.15, 0.2) is 0 Å². The summed E-state index contributed by atoms with van der Waals surface area (Å²) in [6, 6.07) is 4.24. The lowest BCUT2D eigenvalue weighted by molar-refractivity contribution is 0.365. The Kier molecular flexibility index (Phi) is 3.91. The number of likely N-dealkylation sites (N-methyl/N-ethyl adjacent to an activating group) is 1. The van der Waals surface area contributed by atoms with Crippen LogP contribution in [0.3, 0.4) is 0 Å². The van der Waals surface area contributed by atoms with Crippen molar-refractivity contribution in [2.45, 2.75) is 12.3 Å². The van der Waals surface area contributed by atoms with Crippen LogP contribution in [0.1, 0.15) is 17.9 Å². The van der Waals surface area contributed by atoms with E-state index in [1.54, 1.807) is 0 Å². The van der Waals surface area contributed by atoms with Crippen LogP contribution in [-0.4, -0.2) is 43.6 Å². The Balaban J connectivity index is 2.11. The third kappa shape index (κ3) is 2.60. The van der Waals surface area contributed by atoms with Gasteiger partial charge in [0.25, 0.3) is 0 Å². The van der Waals surface area contributed by atoms with Crippen LogP contribution in [0.25, 0.3) is 0 Å². The van der Waals surface area contributed by atoms with E-state index < -0.39 is 0 Å². The van der Waals surface area contributed by atoms with Crippen LogP contribution in [0.2, 0.25) is 0 Å². The van der Waals surface area contributed by atoms with Crippen molar-refractivity contribution in [3.8, 4) is 0 Å². The van der Waals surface area contributed by atoms with Crippen molar-refractivity contribution in [2.24, 2.45) is 5.92 Å². The second-order valence-electron chi connectivity index (χ2n) is 4.76. The van der Waals surface area contributed by atoms with Crippen molar-refractivity contribution in [1.82, 2.24) is 15.2 Å². The summed E-state index contributed by atoms with van der Waals surface area (Å²) in [5.41, 5.74) is 1.37. The molecule has 2 heterocycles. The fourth-order valence-corrected chi connectivity index (χ4v) is 2.67. The Morgan fingerprint density at radius 3 is 3.06 bits per heavy atom. The van der Waals surface area contributed by atoms with E-state index >= 15 is 0 Å². The van der Waals surface area contributed by atoms with Crippen LogP contribution >= 0.6 is 0 Å². The second-order valence-corrected chi connectivity index (χ2v) is 4.76. The molecule has 2 atom stereocenters. The summed E-state index contributed by atoms with van der Waals surface area (Å²) in [5.74, 6) is 1.37. The van der Waals surface area contributed by atoms with Crippen LogP contribution in [0, 0.1) is 5.92 Å². The average molecular weight is 219 g/mol. The molecule has 1 N–H and O–H groups in total. The highest BCUT2D eigenvalue weighted by molar-refractivity contribution is 5.17. The standard InChI is InChI=1S/C13H21N3/c1-14-9-13(11-4-3-6-15-8-11)12-5-7-16(2)10-12/h3-4,6,8,12-14H,5,7,9-10H2,1-2H3. The summed E-state index contributed by atoms with van der Waals surface area (Å²) in [6.45, 7) is 3.48. The first-order chi connectivity index (χ1) is 7.81. The molecule has 1 aliphatic rings. The van der Waals surface area contributed by atoms with Crippen molar-refractivity contribution in [3.63, 3.8) is 0 Å². The number of rotatable bonds is 4. The van der Waals surface area contributed by atoms with Gasteiger partial charge in [-0.3, -0.25) is 4.98 Å². The van der Waals surface area contributed by atoms with Gasteiger partial charge in [0, 0.05) is 31.4 Å². The monoisotopic (exact) mass is 219 g/mol. The lowest BCUT2D eigenvalue weighted by Crippen LogP contribution is -2.26. The molecule has 0 amide bonds. The van der Waals surface area contributed by atoms with Gasteiger partial charge in [0.1, 0.15) is 0 Å². The normalized spacial score (nSPS) is 23.5. The van der Waals surface area contributed by atoms with Crippen LogP contribution in [0.4, 0.5) is 0 Å². The van der Waals surface area contributed by atoms with Gasteiger partial charge < -0.3 is 10.2 Å². The van der Waals surface area contributed by atoms with E-state index in [0.29, 0.717) is 5.92 Å². The zero-order chi connectivity index (χ0) is 11.4. The molecular formula is C13H21N3. The topological polar surface area (TPSA) is 28.2 Å². The molecule has 3 nitrogen and oxygen atoms in total. The predicted molar refractivity (Wildman–Crippen MR) is 66.5 cm³/mol. The molecule has 3 heteroatoms. The number of likely N-dealkylation sites (tertiary alicyclic amines) is 1. The molecule has 0 saturated carbocycles. The fourth-order valence-electron chi connectivity index (χ4n) is 2.67. The first-order valence-electron chi connectivity index (χ1n) is 6.04. The molecule has 0 bridgehead atoms. The SMILES string of the molecule is CNCC(c1cccnc1)C1CCN(C)C1. The number of hydrogen-bond donors (Lipinski definition) is 1. The lowest BCUT2D eigenvalue weighted by atomic mass is 9.86. The predicted octanol–water partition coefficient (Wildman–Crippen LogP) is 1.34. The number of nitrogens with zero attached hydrogens (tertiary/aromatic N) is 2. The molecule has 1 fully saturated rings. The molecule has 1 aromatic heterocycles. The van der Waals surface area contributed by atoms with Crippen LogP contribution < -0.4 is 5.32 Å². The maximum Gasteiger partial charge on any atom is 0.0303 e. The second kappa shape index (κ2) is 5.41. The Morgan fingerprint density at radius 1 is 1.62 bits per heavy atom. The molecule has 2 rings (SSSR count). The summed E-state index contributed by atoms with van der Waals surface area (Å²) >= 11 is 0. The number of aromatic nitrogens is 1. The number of pyridine rings is 1. The summed E-state index contributed by atoms with van der Waals surface area (Å²) in [6.07, 6.45) is 5.17. The minimum absolute atomic E-state index is 0.601. The van der Waals surface area contributed by atoms with E-state index in [0.717, 1.165) is 12.5 Å². The lowest BCUT2D eigenvalue weighted by Gasteiger charge is -2.23. The Labute approximate surface area is 97.9 Å². The zero-order valence-electron chi connectivity index (χ0n) is 10.2. The molecule has 0 radical (unpaired) electrons. The van der Waals surface area contributed by atoms with Crippen molar-refractivity contribution >= 4 is 0 Å². The average Bonchev–Trinajstić information content (AvgIpc) is 2.74. The summed E-state index contributed by atoms with van der Waals surface area (Å²) < 4.78 is 0. The molecule has 2 unspecified atom stereocenters. The highest BCUT2D eigenvalue weighted by Crippen LogP contribution is 2.30. The molecule has 1 saturated heterocycles. The first-order valence-corrected chi connectivity index (χ1v) is 6.04. The van der Waals surface area contributed by atoms with Gasteiger partial charge in [-0.2, -0.15) is 0 Å². The molecule has 16 heavy (non-hydrogen) atoms. The minimum atomic E-state index is 0.601. The Hall–Kier alpha value is -0.930. The first kappa shape index (κ1) is 11.6. The zero-order valence-corrected chi connectivity index (χ0v) is 10.2. The highest BCUT2D eigenvalue weighted by Gasteiger charge is 2.28. The third-order valence-electron chi connectivity index (χ3n) is 3.53. The van der Waals surface area contributed by atoms with Gasteiger partial charge in [-0.1, -0.05) is 6.07 Å². The van der Waals surface area contributed by atoms with Crippen molar-refractivity contribution in [2.75, 3.05) is 33.7 Å². The number of hydrogen-bond acceptors (Lipinski definition) is 3. The van der Waals surface area contributed by atoms with Crippen molar-refractivity contribution < 1.29 is 0 Å². The molecule has 1 aliphatic heterocycles. The molecule has 1 aromatic rings. The van der Waals surface area contributed by atoms with Gasteiger partial charge in [-0.05, 0) is 44.6 Å². The van der Waals surface area contributed by atoms with E-state index in [4.69, 9.17) is 0 Å². The van der Waals surface area contributed by atoms with Gasteiger partial charge in [0.05, 0.1) is 0 Å². The maximum atomic E-state index is 4.24. The third-order valence-corrected chi connectivity index (χ3v) is 3.53. The molecule has 88 valence electrons. The number of nitrogens with one attached hydrogen (secondary N) is 1. The minimum Gasteiger partial charge on any atom is -0.319 e. The summed E-state index contributed by atoms with van der Waals surface area (Å²) in [5, 5.41) is 3.31. The van der Waals surface area contributed by atoms with E-state index in [1.165, 1.54) is 25.1 Å². The van der Waals surface area contributed by atoms with E-state index in [1.807, 2.05) is 25.5 Å². The smallest absolute Gasteiger partial charge is 0.0303 e. The summed E-state index contributed by atoms with van der Waals surface area (Å²) in [4.78, 5) is 6.66. The van der Waals surface area contributed by atoms with Gasteiger partial charge in [-0.15, -0.1) is 0 Å². The Morgan fingerprint density at radius 2 is 2.50 bits per heavy atom. The van der Waals surface area contributed by atoms with Gasteiger partial charge >= 0.3 is 0 Å². The van der Waals surface area contributed by atoms with Crippen LogP contribution in [0.15, 0.2) is 24.5 Å². The Bertz CT molecular complexity index is 312. The van der Waals surface area contributed by atoms with Crippen molar-refractivity contribution in [3.05, 3.63) is 30.1 Å². The summed E-state index contributed by atoms with van der Waals surface area (Å²) in [7, 11) is 4.24. The van der Waals surface area contributed by atoms with Crippen molar-refractivity contribution in [1.29, 1.82) is 0 Å². The fraction of sp³-hybridized carbons (Fsp3) is 0.615. The van der Waals surface area contributed by atoms with Gasteiger partial charge in [-0.25, -0.2) is 0 Å².